The van der Waals surface area contributed by atoms with Crippen LogP contribution in [-0.2, 0) is 29.0 Å². The molecular weight excluding hydrogens is 374 g/mol. The number of amides is 1. The maximum Gasteiger partial charge on any atom is 0.330 e. The van der Waals surface area contributed by atoms with Crippen molar-refractivity contribution < 1.29 is 14.1 Å². The Hall–Kier alpha value is -2.94. The first-order chi connectivity index (χ1) is 13.8. The largest absolute Gasteiger partial charge is 0.383 e. The minimum absolute atomic E-state index is 0.0237. The van der Waals surface area contributed by atoms with Crippen LogP contribution in [0.5, 0.6) is 0 Å². The number of aromatic nitrogens is 3. The number of rotatable bonds is 9. The van der Waals surface area contributed by atoms with Crippen LogP contribution in [0.4, 0.5) is 11.5 Å². The molecule has 0 saturated heterocycles. The summed E-state index contributed by atoms with van der Waals surface area (Å²) in [6, 6.07) is 3.88. The van der Waals surface area contributed by atoms with Gasteiger partial charge in [-0.3, -0.25) is 24.0 Å². The maximum absolute atomic E-state index is 13.1. The van der Waals surface area contributed by atoms with Gasteiger partial charge in [-0.2, -0.15) is 4.57 Å². The molecule has 0 aromatic carbocycles. The van der Waals surface area contributed by atoms with Crippen molar-refractivity contribution in [3.63, 3.8) is 0 Å². The lowest BCUT2D eigenvalue weighted by molar-refractivity contribution is -0.684. The Balaban J connectivity index is 2.44. The van der Waals surface area contributed by atoms with E-state index in [0.717, 1.165) is 12.0 Å². The number of aryl methyl sites for hydroxylation is 1. The molecule has 3 N–H and O–H groups in total. The number of hydrogen-bond donors (Lipinski definition) is 2. The summed E-state index contributed by atoms with van der Waals surface area (Å²) in [5.41, 5.74) is 6.02. The molecule has 0 saturated carbocycles. The van der Waals surface area contributed by atoms with Gasteiger partial charge in [0.15, 0.2) is 18.1 Å². The van der Waals surface area contributed by atoms with Crippen molar-refractivity contribution in [3.8, 4) is 0 Å². The monoisotopic (exact) mass is 404 g/mol. The number of hydrogen-bond acceptors (Lipinski definition) is 5. The number of ether oxygens (including phenoxy) is 1. The highest BCUT2D eigenvalue weighted by molar-refractivity contribution is 5.94. The molecule has 0 aliphatic carbocycles. The standard InChI is InChI=1S/C20H29N5O4/c1-5-15-6-8-23(9-7-15)13-16(26)24(10-11-29-4)17-18(21)25(12-14(2)3)20(28)22-19(17)27/h6-9,14H,5,10-13H2,1-4H3,(H2-,21,22,27,28)/p+1. The first-order valence-corrected chi connectivity index (χ1v) is 9.68. The highest BCUT2D eigenvalue weighted by atomic mass is 16.5. The molecule has 158 valence electrons. The van der Waals surface area contributed by atoms with E-state index in [9.17, 15) is 14.4 Å². The number of aromatic amines is 1. The topological polar surface area (TPSA) is 114 Å². The smallest absolute Gasteiger partial charge is 0.330 e. The van der Waals surface area contributed by atoms with Crippen molar-refractivity contribution in [1.82, 2.24) is 9.55 Å². The zero-order chi connectivity index (χ0) is 21.6. The summed E-state index contributed by atoms with van der Waals surface area (Å²) in [6.45, 7) is 6.62. The predicted octanol–water partition coefficient (Wildman–Crippen LogP) is 0.304. The molecule has 0 aliphatic heterocycles. The summed E-state index contributed by atoms with van der Waals surface area (Å²) >= 11 is 0. The van der Waals surface area contributed by atoms with Gasteiger partial charge in [-0.25, -0.2) is 4.79 Å². The Bertz CT molecular complexity index is 947. The molecule has 2 aromatic rings. The van der Waals surface area contributed by atoms with E-state index in [4.69, 9.17) is 10.5 Å². The summed E-state index contributed by atoms with van der Waals surface area (Å²) in [5, 5.41) is 0. The summed E-state index contributed by atoms with van der Waals surface area (Å²) in [7, 11) is 1.51. The van der Waals surface area contributed by atoms with E-state index in [-0.39, 0.29) is 43.0 Å². The van der Waals surface area contributed by atoms with Crippen LogP contribution in [0.2, 0.25) is 0 Å². The van der Waals surface area contributed by atoms with Crippen LogP contribution in [-0.4, -0.2) is 35.7 Å². The molecule has 0 atom stereocenters. The second-order valence-electron chi connectivity index (χ2n) is 7.27. The van der Waals surface area contributed by atoms with Gasteiger partial charge in [0.05, 0.1) is 6.61 Å². The minimum Gasteiger partial charge on any atom is -0.383 e. The number of nitrogen functional groups attached to an aromatic ring is 1. The quantitative estimate of drug-likeness (QED) is 0.584. The van der Waals surface area contributed by atoms with Crippen molar-refractivity contribution >= 4 is 17.4 Å². The minimum atomic E-state index is -0.691. The zero-order valence-electron chi connectivity index (χ0n) is 17.5. The number of nitrogens with one attached hydrogen (secondary N) is 1. The fourth-order valence-electron chi connectivity index (χ4n) is 3.00. The van der Waals surface area contributed by atoms with Crippen LogP contribution in [0.1, 0.15) is 26.3 Å². The average Bonchev–Trinajstić information content (AvgIpc) is 2.67. The van der Waals surface area contributed by atoms with Crippen molar-refractivity contribution in [3.05, 3.63) is 50.9 Å². The third kappa shape index (κ3) is 5.54. The molecule has 0 aliphatic rings. The van der Waals surface area contributed by atoms with Crippen molar-refractivity contribution in [2.45, 2.75) is 40.3 Å². The van der Waals surface area contributed by atoms with Gasteiger partial charge in [0.25, 0.3) is 11.5 Å². The molecule has 0 bridgehead atoms. The van der Waals surface area contributed by atoms with E-state index in [1.165, 1.54) is 16.6 Å². The van der Waals surface area contributed by atoms with Gasteiger partial charge in [-0.15, -0.1) is 0 Å². The molecule has 0 unspecified atom stereocenters. The molecule has 29 heavy (non-hydrogen) atoms. The van der Waals surface area contributed by atoms with Gasteiger partial charge < -0.3 is 10.5 Å². The molecule has 2 rings (SSSR count). The van der Waals surface area contributed by atoms with E-state index in [0.29, 0.717) is 6.54 Å². The normalized spacial score (nSPS) is 11.1. The number of H-pyrrole nitrogens is 1. The summed E-state index contributed by atoms with van der Waals surface area (Å²) in [5.74, 6) is -0.226. The SMILES string of the molecule is CCc1cc[n+](CC(=O)N(CCOC)c2c(N)n(CC(C)C)c(=O)[nH]c2=O)cc1. The van der Waals surface area contributed by atoms with E-state index >= 15 is 0 Å². The van der Waals surface area contributed by atoms with Crippen LogP contribution >= 0.6 is 0 Å². The number of pyridine rings is 1. The number of methoxy groups -OCH3 is 1. The van der Waals surface area contributed by atoms with Crippen LogP contribution in [0.25, 0.3) is 0 Å². The molecule has 9 nitrogen and oxygen atoms in total. The lowest BCUT2D eigenvalue weighted by atomic mass is 10.2. The van der Waals surface area contributed by atoms with Gasteiger partial charge >= 0.3 is 5.69 Å². The second kappa shape index (κ2) is 10.0. The van der Waals surface area contributed by atoms with Crippen LogP contribution < -0.4 is 26.4 Å². The maximum atomic E-state index is 13.1. The van der Waals surface area contributed by atoms with Gasteiger partial charge in [0, 0.05) is 32.3 Å². The number of carbonyl (C=O) groups is 1. The fourth-order valence-corrected chi connectivity index (χ4v) is 3.00. The first kappa shape index (κ1) is 22.4. The highest BCUT2D eigenvalue weighted by Gasteiger charge is 2.26. The Morgan fingerprint density at radius 1 is 1.31 bits per heavy atom. The molecule has 0 fully saturated rings. The van der Waals surface area contributed by atoms with Gasteiger partial charge in [0.2, 0.25) is 6.54 Å². The van der Waals surface area contributed by atoms with E-state index in [2.05, 4.69) is 11.9 Å². The fraction of sp³-hybridized carbons (Fsp3) is 0.500. The Morgan fingerprint density at radius 3 is 2.52 bits per heavy atom. The molecule has 1 amide bonds. The molecule has 0 spiro atoms. The number of carbonyl (C=O) groups excluding carboxylic acids is 1. The lowest BCUT2D eigenvalue weighted by Gasteiger charge is -2.23. The Kier molecular flexibility index (Phi) is 7.72. The lowest BCUT2D eigenvalue weighted by Crippen LogP contribution is -2.48. The third-order valence-electron chi connectivity index (χ3n) is 4.54. The van der Waals surface area contributed by atoms with Gasteiger partial charge in [-0.05, 0) is 17.9 Å². The average molecular weight is 404 g/mol. The molecule has 0 radical (unpaired) electrons. The van der Waals surface area contributed by atoms with Gasteiger partial charge in [0.1, 0.15) is 5.82 Å². The number of nitrogens with zero attached hydrogens (tertiary/aromatic N) is 3. The summed E-state index contributed by atoms with van der Waals surface area (Å²) < 4.78 is 8.12. The predicted molar refractivity (Wildman–Crippen MR) is 111 cm³/mol. The molecular formula is C20H30N5O4+. The highest BCUT2D eigenvalue weighted by Crippen LogP contribution is 2.17. The van der Waals surface area contributed by atoms with Crippen molar-refractivity contribution in [2.24, 2.45) is 5.92 Å². The Morgan fingerprint density at radius 2 is 1.97 bits per heavy atom. The molecule has 2 aromatic heterocycles. The van der Waals surface area contributed by atoms with E-state index in [1.807, 2.05) is 38.4 Å². The van der Waals surface area contributed by atoms with E-state index < -0.39 is 11.2 Å². The van der Waals surface area contributed by atoms with E-state index in [1.54, 1.807) is 4.57 Å². The van der Waals surface area contributed by atoms with Crippen LogP contribution in [0.3, 0.4) is 0 Å². The zero-order valence-corrected chi connectivity index (χ0v) is 17.5. The number of anilines is 2. The van der Waals surface area contributed by atoms with Crippen LogP contribution in [0.15, 0.2) is 34.1 Å². The number of nitrogens with two attached hydrogens (primary N) is 1. The van der Waals surface area contributed by atoms with Crippen molar-refractivity contribution in [1.29, 1.82) is 0 Å². The summed E-state index contributed by atoms with van der Waals surface area (Å²) in [4.78, 5) is 41.4. The van der Waals surface area contributed by atoms with Crippen LogP contribution in [0, 0.1) is 5.92 Å². The third-order valence-corrected chi connectivity index (χ3v) is 4.54. The van der Waals surface area contributed by atoms with Crippen molar-refractivity contribution in [2.75, 3.05) is 30.9 Å². The summed E-state index contributed by atoms with van der Waals surface area (Å²) in [6.07, 6.45) is 4.54. The molecule has 9 heteroatoms. The van der Waals surface area contributed by atoms with Gasteiger partial charge in [-0.1, -0.05) is 20.8 Å². The molecule has 2 heterocycles. The first-order valence-electron chi connectivity index (χ1n) is 9.68. The second-order valence-corrected chi connectivity index (χ2v) is 7.27. The Labute approximate surface area is 169 Å².